The zero-order chi connectivity index (χ0) is 11.4. The molecule has 0 aromatic heterocycles. The number of amides is 1. The minimum absolute atomic E-state index is 0.199. The lowest BCUT2D eigenvalue weighted by Crippen LogP contribution is -2.38. The zero-order valence-corrected chi connectivity index (χ0v) is 10.9. The lowest BCUT2D eigenvalue weighted by molar-refractivity contribution is 0.0974. The quantitative estimate of drug-likeness (QED) is 0.802. The monoisotopic (exact) mass is 286 g/mol. The van der Waals surface area contributed by atoms with Crippen molar-refractivity contribution in [2.24, 2.45) is 0 Å². The minimum Gasteiger partial charge on any atom is -0.355 e. The number of hydrogen-bond acceptors (Lipinski definition) is 2. The molecule has 0 saturated heterocycles. The van der Waals surface area contributed by atoms with Crippen LogP contribution in [0.4, 0.5) is 0 Å². The van der Waals surface area contributed by atoms with Crippen molar-refractivity contribution in [3.05, 3.63) is 34.3 Å². The van der Waals surface area contributed by atoms with Gasteiger partial charge in [0.1, 0.15) is 0 Å². The average Bonchev–Trinajstić information content (AvgIpc) is 2.17. The fourth-order valence-electron chi connectivity index (χ4n) is 0.911. The third-order valence-electron chi connectivity index (χ3n) is 1.71. The number of nitrogens with zero attached hydrogens (tertiary/aromatic N) is 1. The number of hydrogen-bond donors (Lipinski definition) is 1. The van der Waals surface area contributed by atoms with E-state index in [2.05, 4.69) is 21.2 Å². The van der Waals surface area contributed by atoms with Gasteiger partial charge in [-0.1, -0.05) is 22.0 Å². The average molecular weight is 287 g/mol. The molecule has 1 amide bonds. The molecular formula is C10H11BrN2OS. The van der Waals surface area contributed by atoms with Crippen molar-refractivity contribution >= 4 is 39.2 Å². The van der Waals surface area contributed by atoms with Gasteiger partial charge in [-0.05, 0) is 30.4 Å². The van der Waals surface area contributed by atoms with Crippen LogP contribution in [0.5, 0.6) is 0 Å². The van der Waals surface area contributed by atoms with E-state index in [-0.39, 0.29) is 5.91 Å². The molecule has 0 aliphatic heterocycles. The fourth-order valence-corrected chi connectivity index (χ4v) is 1.40. The predicted molar refractivity (Wildman–Crippen MR) is 67.9 cm³/mol. The van der Waals surface area contributed by atoms with Crippen LogP contribution >= 0.6 is 28.1 Å². The van der Waals surface area contributed by atoms with Crippen LogP contribution in [0.3, 0.4) is 0 Å². The molecule has 1 N–H and O–H groups in total. The van der Waals surface area contributed by atoms with Gasteiger partial charge in [-0.2, -0.15) is 0 Å². The Bertz CT molecular complexity index is 393. The van der Waals surface area contributed by atoms with E-state index in [1.165, 1.54) is 0 Å². The van der Waals surface area contributed by atoms with Crippen molar-refractivity contribution in [1.82, 2.24) is 10.2 Å². The second kappa shape index (κ2) is 5.23. The molecule has 15 heavy (non-hydrogen) atoms. The molecule has 0 bridgehead atoms. The number of thiocarbonyl (C=S) groups is 1. The molecule has 80 valence electrons. The van der Waals surface area contributed by atoms with Gasteiger partial charge in [0.25, 0.3) is 5.91 Å². The van der Waals surface area contributed by atoms with Crippen LogP contribution in [0.1, 0.15) is 10.4 Å². The number of carbonyl (C=O) groups is 1. The summed E-state index contributed by atoms with van der Waals surface area (Å²) in [4.78, 5) is 13.3. The second-order valence-corrected chi connectivity index (χ2v) is 4.47. The highest BCUT2D eigenvalue weighted by Gasteiger charge is 2.08. The van der Waals surface area contributed by atoms with Gasteiger partial charge in [0.15, 0.2) is 5.11 Å². The largest absolute Gasteiger partial charge is 0.355 e. The molecular weight excluding hydrogens is 276 g/mol. The maximum absolute atomic E-state index is 11.7. The molecule has 0 atom stereocenters. The zero-order valence-electron chi connectivity index (χ0n) is 8.45. The number of halogens is 1. The minimum atomic E-state index is -0.199. The summed E-state index contributed by atoms with van der Waals surface area (Å²) in [6, 6.07) is 7.14. The first kappa shape index (κ1) is 12.1. The Morgan fingerprint density at radius 1 is 1.47 bits per heavy atom. The molecule has 0 heterocycles. The summed E-state index contributed by atoms with van der Waals surface area (Å²) in [5.74, 6) is -0.199. The Kier molecular flexibility index (Phi) is 4.23. The highest BCUT2D eigenvalue weighted by atomic mass is 79.9. The molecule has 1 aromatic carbocycles. The van der Waals surface area contributed by atoms with Gasteiger partial charge < -0.3 is 4.90 Å². The maximum Gasteiger partial charge on any atom is 0.257 e. The van der Waals surface area contributed by atoms with E-state index in [0.717, 1.165) is 4.47 Å². The first-order valence-electron chi connectivity index (χ1n) is 4.29. The number of nitrogens with one attached hydrogen (secondary N) is 1. The molecule has 0 fully saturated rings. The lowest BCUT2D eigenvalue weighted by atomic mass is 10.2. The summed E-state index contributed by atoms with van der Waals surface area (Å²) >= 11 is 8.27. The van der Waals surface area contributed by atoms with Crippen molar-refractivity contribution in [1.29, 1.82) is 0 Å². The van der Waals surface area contributed by atoms with E-state index in [4.69, 9.17) is 12.2 Å². The van der Waals surface area contributed by atoms with Crippen LogP contribution in [0.2, 0.25) is 0 Å². The van der Waals surface area contributed by atoms with Gasteiger partial charge in [-0.25, -0.2) is 0 Å². The third kappa shape index (κ3) is 3.60. The molecule has 5 heteroatoms. The molecule has 1 aromatic rings. The molecule has 0 aliphatic carbocycles. The summed E-state index contributed by atoms with van der Waals surface area (Å²) in [5, 5.41) is 3.02. The van der Waals surface area contributed by atoms with Gasteiger partial charge in [0.05, 0.1) is 0 Å². The molecule has 3 nitrogen and oxygen atoms in total. The van der Waals surface area contributed by atoms with E-state index in [1.54, 1.807) is 37.2 Å². The Hall–Kier alpha value is -0.940. The Balaban J connectivity index is 2.74. The van der Waals surface area contributed by atoms with Crippen LogP contribution in [0.15, 0.2) is 28.7 Å². The lowest BCUT2D eigenvalue weighted by Gasteiger charge is -2.14. The van der Waals surface area contributed by atoms with Gasteiger partial charge in [-0.15, -0.1) is 0 Å². The molecule has 0 saturated carbocycles. The van der Waals surface area contributed by atoms with Crippen LogP contribution in [-0.2, 0) is 0 Å². The van der Waals surface area contributed by atoms with Crippen LogP contribution in [-0.4, -0.2) is 30.0 Å². The Morgan fingerprint density at radius 2 is 2.13 bits per heavy atom. The smallest absolute Gasteiger partial charge is 0.257 e. The summed E-state index contributed by atoms with van der Waals surface area (Å²) < 4.78 is 0.867. The molecule has 0 aliphatic rings. The Morgan fingerprint density at radius 3 is 2.67 bits per heavy atom. The summed E-state index contributed by atoms with van der Waals surface area (Å²) in [7, 11) is 3.56. The van der Waals surface area contributed by atoms with Crippen LogP contribution < -0.4 is 5.32 Å². The van der Waals surface area contributed by atoms with Gasteiger partial charge >= 0.3 is 0 Å². The van der Waals surface area contributed by atoms with E-state index >= 15 is 0 Å². The number of carbonyl (C=O) groups excluding carboxylic acids is 1. The highest BCUT2D eigenvalue weighted by molar-refractivity contribution is 9.10. The summed E-state index contributed by atoms with van der Waals surface area (Å²) in [5.41, 5.74) is 0.577. The van der Waals surface area contributed by atoms with Gasteiger partial charge in [0.2, 0.25) is 0 Å². The van der Waals surface area contributed by atoms with E-state index in [9.17, 15) is 4.79 Å². The van der Waals surface area contributed by atoms with Crippen molar-refractivity contribution in [2.75, 3.05) is 14.1 Å². The molecule has 0 radical (unpaired) electrons. The molecule has 1 rings (SSSR count). The normalized spacial score (nSPS) is 9.53. The van der Waals surface area contributed by atoms with Crippen molar-refractivity contribution in [3.8, 4) is 0 Å². The van der Waals surface area contributed by atoms with Gasteiger partial charge in [-0.3, -0.25) is 10.1 Å². The van der Waals surface area contributed by atoms with Crippen molar-refractivity contribution < 1.29 is 4.79 Å². The fraction of sp³-hybridized carbons (Fsp3) is 0.200. The number of benzene rings is 1. The second-order valence-electron chi connectivity index (χ2n) is 3.16. The standard InChI is InChI=1S/C10H11BrN2OS/c1-13(2)10(15)12-9(14)7-4-3-5-8(11)6-7/h3-6H,1-2H3,(H,12,14,15). The topological polar surface area (TPSA) is 32.3 Å². The van der Waals surface area contributed by atoms with Crippen molar-refractivity contribution in [2.45, 2.75) is 0 Å². The summed E-state index contributed by atoms with van der Waals surface area (Å²) in [6.45, 7) is 0. The summed E-state index contributed by atoms with van der Waals surface area (Å²) in [6.07, 6.45) is 0. The van der Waals surface area contributed by atoms with E-state index < -0.39 is 0 Å². The number of rotatable bonds is 1. The predicted octanol–water partition coefficient (Wildman–Crippen LogP) is 2.03. The maximum atomic E-state index is 11.7. The SMILES string of the molecule is CN(C)C(=S)NC(=O)c1cccc(Br)c1. The van der Waals surface area contributed by atoms with E-state index in [1.807, 2.05) is 6.07 Å². The van der Waals surface area contributed by atoms with Crippen molar-refractivity contribution in [3.63, 3.8) is 0 Å². The molecule has 0 unspecified atom stereocenters. The molecule has 0 spiro atoms. The van der Waals surface area contributed by atoms with Crippen LogP contribution in [0.25, 0.3) is 0 Å². The Labute approximate surface area is 103 Å². The van der Waals surface area contributed by atoms with E-state index in [0.29, 0.717) is 10.7 Å². The third-order valence-corrected chi connectivity index (χ3v) is 2.67. The van der Waals surface area contributed by atoms with Gasteiger partial charge in [0, 0.05) is 24.1 Å². The first-order valence-corrected chi connectivity index (χ1v) is 5.49. The first-order chi connectivity index (χ1) is 7.00. The van der Waals surface area contributed by atoms with Crippen LogP contribution in [0, 0.1) is 0 Å². The highest BCUT2D eigenvalue weighted by Crippen LogP contribution is 2.11.